The normalized spacial score (nSPS) is 31.4. The van der Waals surface area contributed by atoms with Crippen LogP contribution in [0.4, 0.5) is 0 Å². The van der Waals surface area contributed by atoms with Gasteiger partial charge in [-0.05, 0) is 49.7 Å². The van der Waals surface area contributed by atoms with Crippen LogP contribution in [0.15, 0.2) is 18.2 Å². The largest absolute Gasteiger partial charge is 0.327 e. The van der Waals surface area contributed by atoms with Crippen LogP contribution in [-0.4, -0.2) is 24.0 Å². The van der Waals surface area contributed by atoms with Crippen LogP contribution < -0.4 is 5.73 Å². The Balaban J connectivity index is 1.68. The summed E-state index contributed by atoms with van der Waals surface area (Å²) in [5.74, 6) is 1.61. The van der Waals surface area contributed by atoms with Crippen molar-refractivity contribution in [3.05, 3.63) is 34.9 Å². The third kappa shape index (κ3) is 2.70. The molecule has 3 atom stereocenters. The van der Waals surface area contributed by atoms with E-state index < -0.39 is 0 Å². The van der Waals surface area contributed by atoms with E-state index in [9.17, 15) is 0 Å². The summed E-state index contributed by atoms with van der Waals surface area (Å²) in [5, 5.41) is 0. The number of rotatable bonds is 2. The van der Waals surface area contributed by atoms with Gasteiger partial charge < -0.3 is 5.73 Å². The van der Waals surface area contributed by atoms with Gasteiger partial charge in [0.05, 0.1) is 0 Å². The first-order chi connectivity index (χ1) is 9.13. The predicted molar refractivity (Wildman–Crippen MR) is 80.0 cm³/mol. The molecule has 0 bridgehead atoms. The van der Waals surface area contributed by atoms with E-state index in [1.54, 1.807) is 0 Å². The summed E-state index contributed by atoms with van der Waals surface area (Å²) >= 11 is 0. The van der Waals surface area contributed by atoms with Crippen molar-refractivity contribution in [1.82, 2.24) is 4.90 Å². The zero-order valence-corrected chi connectivity index (χ0v) is 12.2. The third-order valence-corrected chi connectivity index (χ3v) is 5.12. The maximum atomic E-state index is 6.30. The second kappa shape index (κ2) is 5.26. The molecular weight excluding hydrogens is 232 g/mol. The van der Waals surface area contributed by atoms with E-state index >= 15 is 0 Å². The van der Waals surface area contributed by atoms with Crippen LogP contribution in [0.5, 0.6) is 0 Å². The highest BCUT2D eigenvalue weighted by Crippen LogP contribution is 2.36. The van der Waals surface area contributed by atoms with Crippen LogP contribution in [0.1, 0.15) is 36.0 Å². The van der Waals surface area contributed by atoms with Gasteiger partial charge in [-0.25, -0.2) is 0 Å². The van der Waals surface area contributed by atoms with Gasteiger partial charge >= 0.3 is 0 Å². The summed E-state index contributed by atoms with van der Waals surface area (Å²) in [5.41, 5.74) is 10.6. The highest BCUT2D eigenvalue weighted by molar-refractivity contribution is 5.30. The van der Waals surface area contributed by atoms with Gasteiger partial charge in [0.25, 0.3) is 0 Å². The number of benzene rings is 1. The summed E-state index contributed by atoms with van der Waals surface area (Å²) in [6, 6.07) is 7.27. The molecule has 1 heterocycles. The van der Waals surface area contributed by atoms with Crippen molar-refractivity contribution in [3.63, 3.8) is 0 Å². The molecule has 2 nitrogen and oxygen atoms in total. The van der Waals surface area contributed by atoms with Crippen molar-refractivity contribution in [2.24, 2.45) is 17.6 Å². The quantitative estimate of drug-likeness (QED) is 0.884. The topological polar surface area (TPSA) is 29.3 Å². The Hall–Kier alpha value is -0.860. The van der Waals surface area contributed by atoms with Gasteiger partial charge in [0, 0.05) is 25.7 Å². The Bertz CT molecular complexity index is 455. The molecule has 0 spiro atoms. The number of fused-ring (bicyclic) bond motifs is 1. The molecule has 2 fully saturated rings. The van der Waals surface area contributed by atoms with E-state index in [1.165, 1.54) is 49.0 Å². The molecule has 0 radical (unpaired) electrons. The Kier molecular flexibility index (Phi) is 3.64. The lowest BCUT2D eigenvalue weighted by molar-refractivity contribution is 0.259. The fourth-order valence-electron chi connectivity index (χ4n) is 4.00. The van der Waals surface area contributed by atoms with Crippen LogP contribution >= 0.6 is 0 Å². The minimum atomic E-state index is 0.447. The van der Waals surface area contributed by atoms with Crippen molar-refractivity contribution in [3.8, 4) is 0 Å². The number of aryl methyl sites for hydroxylation is 2. The van der Waals surface area contributed by atoms with Crippen LogP contribution in [0.2, 0.25) is 0 Å². The van der Waals surface area contributed by atoms with E-state index in [0.717, 1.165) is 18.4 Å². The summed E-state index contributed by atoms with van der Waals surface area (Å²) in [7, 11) is 0. The summed E-state index contributed by atoms with van der Waals surface area (Å²) < 4.78 is 0. The van der Waals surface area contributed by atoms with E-state index in [0.29, 0.717) is 6.04 Å². The molecule has 1 aromatic carbocycles. The van der Waals surface area contributed by atoms with Crippen molar-refractivity contribution in [1.29, 1.82) is 0 Å². The Morgan fingerprint density at radius 3 is 2.79 bits per heavy atom. The minimum absolute atomic E-state index is 0.447. The number of likely N-dealkylation sites (tertiary alicyclic amines) is 1. The fraction of sp³-hybridized carbons (Fsp3) is 0.647. The number of hydrogen-bond acceptors (Lipinski definition) is 2. The lowest BCUT2D eigenvalue weighted by Gasteiger charge is -2.29. The Morgan fingerprint density at radius 1 is 1.21 bits per heavy atom. The Labute approximate surface area is 117 Å². The standard InChI is InChI=1S/C17H26N2/c1-12-6-7-14(13(2)8-12)9-19-10-15-4-3-5-17(18)16(15)11-19/h6-8,15-17H,3-5,9-11,18H2,1-2H3. The lowest BCUT2D eigenvalue weighted by atomic mass is 9.78. The monoisotopic (exact) mass is 258 g/mol. The van der Waals surface area contributed by atoms with E-state index in [-0.39, 0.29) is 0 Å². The Morgan fingerprint density at radius 2 is 2.05 bits per heavy atom. The maximum absolute atomic E-state index is 6.30. The van der Waals surface area contributed by atoms with Gasteiger partial charge in [-0.1, -0.05) is 30.2 Å². The van der Waals surface area contributed by atoms with Gasteiger partial charge in [0.1, 0.15) is 0 Å². The molecule has 1 aliphatic heterocycles. The molecule has 0 aromatic heterocycles. The van der Waals surface area contributed by atoms with Crippen LogP contribution in [0.3, 0.4) is 0 Å². The van der Waals surface area contributed by atoms with Crippen LogP contribution in [-0.2, 0) is 6.54 Å². The smallest absolute Gasteiger partial charge is 0.0236 e. The first-order valence-electron chi connectivity index (χ1n) is 7.67. The zero-order chi connectivity index (χ0) is 13.4. The van der Waals surface area contributed by atoms with E-state index in [4.69, 9.17) is 5.73 Å². The van der Waals surface area contributed by atoms with Crippen molar-refractivity contribution >= 4 is 0 Å². The first-order valence-corrected chi connectivity index (χ1v) is 7.67. The molecule has 19 heavy (non-hydrogen) atoms. The minimum Gasteiger partial charge on any atom is -0.327 e. The second-order valence-electron chi connectivity index (χ2n) is 6.64. The average molecular weight is 258 g/mol. The number of nitrogens with two attached hydrogens (primary N) is 1. The van der Waals surface area contributed by atoms with Gasteiger partial charge in [-0.2, -0.15) is 0 Å². The molecular formula is C17H26N2. The average Bonchev–Trinajstić information content (AvgIpc) is 2.77. The highest BCUT2D eigenvalue weighted by atomic mass is 15.2. The second-order valence-corrected chi connectivity index (χ2v) is 6.64. The molecule has 2 N–H and O–H groups in total. The van der Waals surface area contributed by atoms with Crippen molar-refractivity contribution in [2.75, 3.05) is 13.1 Å². The van der Waals surface area contributed by atoms with Gasteiger partial charge in [0.2, 0.25) is 0 Å². The van der Waals surface area contributed by atoms with Gasteiger partial charge in [0.15, 0.2) is 0 Å². The molecule has 3 rings (SSSR count). The molecule has 1 aromatic rings. The van der Waals surface area contributed by atoms with Crippen LogP contribution in [0, 0.1) is 25.7 Å². The molecule has 3 unspecified atom stereocenters. The van der Waals surface area contributed by atoms with Gasteiger partial charge in [-0.3, -0.25) is 4.90 Å². The SMILES string of the molecule is Cc1ccc(CN2CC3CCCC(N)C3C2)c(C)c1. The van der Waals surface area contributed by atoms with E-state index in [1.807, 2.05) is 0 Å². The first kappa shape index (κ1) is 13.1. The molecule has 1 saturated heterocycles. The zero-order valence-electron chi connectivity index (χ0n) is 12.2. The van der Waals surface area contributed by atoms with Crippen LogP contribution in [0.25, 0.3) is 0 Å². The summed E-state index contributed by atoms with van der Waals surface area (Å²) in [6.45, 7) is 7.97. The molecule has 0 amide bonds. The third-order valence-electron chi connectivity index (χ3n) is 5.12. The molecule has 1 saturated carbocycles. The molecule has 1 aliphatic carbocycles. The molecule has 2 aliphatic rings. The highest BCUT2D eigenvalue weighted by Gasteiger charge is 2.38. The molecule has 104 valence electrons. The summed E-state index contributed by atoms with van der Waals surface area (Å²) in [4.78, 5) is 2.62. The van der Waals surface area contributed by atoms with Gasteiger partial charge in [-0.15, -0.1) is 0 Å². The number of hydrogen-bond donors (Lipinski definition) is 1. The summed E-state index contributed by atoms with van der Waals surface area (Å²) in [6.07, 6.45) is 3.96. The lowest BCUT2D eigenvalue weighted by Crippen LogP contribution is -2.38. The van der Waals surface area contributed by atoms with Crippen molar-refractivity contribution in [2.45, 2.75) is 45.7 Å². The maximum Gasteiger partial charge on any atom is 0.0236 e. The predicted octanol–water partition coefficient (Wildman–Crippen LogP) is 2.86. The van der Waals surface area contributed by atoms with Crippen molar-refractivity contribution < 1.29 is 0 Å². The number of nitrogens with zero attached hydrogens (tertiary/aromatic N) is 1. The fourth-order valence-corrected chi connectivity index (χ4v) is 4.00. The van der Waals surface area contributed by atoms with E-state index in [2.05, 4.69) is 36.9 Å². The molecule has 2 heteroatoms.